The summed E-state index contributed by atoms with van der Waals surface area (Å²) in [6.07, 6.45) is 20.8. The third-order valence-corrected chi connectivity index (χ3v) is 46.2. The zero-order valence-corrected chi connectivity index (χ0v) is 95.9. The van der Waals surface area contributed by atoms with Gasteiger partial charge < -0.3 is 92.9 Å². The van der Waals surface area contributed by atoms with E-state index in [-0.39, 0.29) is 192 Å². The molecule has 0 aromatic carbocycles. The van der Waals surface area contributed by atoms with Crippen LogP contribution in [0.4, 0.5) is 0 Å². The molecule has 26 nitrogen and oxygen atoms in total. The zero-order valence-electron chi connectivity index (χ0n) is 95.9. The van der Waals surface area contributed by atoms with Crippen molar-refractivity contribution in [2.75, 3.05) is 0 Å². The quantitative estimate of drug-likeness (QED) is 0.0224. The van der Waals surface area contributed by atoms with E-state index in [4.69, 9.17) is 41.9 Å². The highest BCUT2D eigenvalue weighted by atomic mass is 16.6. The first-order valence-corrected chi connectivity index (χ1v) is 56.7. The van der Waals surface area contributed by atoms with E-state index in [0.717, 1.165) is 110 Å². The molecule has 26 heteroatoms. The van der Waals surface area contributed by atoms with Crippen LogP contribution in [0, 0.1) is 160 Å². The number of ether oxygens (including phenoxy) is 4. The summed E-state index contributed by atoms with van der Waals surface area (Å²) in [7, 11) is 0. The summed E-state index contributed by atoms with van der Waals surface area (Å²) >= 11 is 0. The highest BCUT2D eigenvalue weighted by Gasteiger charge is 2.79. The van der Waals surface area contributed by atoms with Crippen molar-refractivity contribution in [3.63, 3.8) is 0 Å². The SMILES string of the molecule is CC(=O)O[C@@H]1/C(=C(/CC=C(C)C)C(=O)O)[C@@H]2C[C@@H](O)[C@H]3[C@@]4(C)CC[C@@H](O)[C@@H](C)[C@@H]4CC[C@]3(C)[C@@]2(C)[C@@H]1N.CC(=O)O[C@@H]1/C(=C(/CC=C(C)C)C(=O)O)[C@@H]2C[C@@H](O)[C@H]3[C@@]4(C)CC[C@@H](O)[C@@H](C)[C@@H]4CC[C@]3(C)[C@@]2(C)[C@H]1N.CC(=O)O[C@H]1C[C@@]2(C)[C@@H](C[C@@H](O)[C@H]3[C@@]4(C)C[C@@H](N)[C@@H](O)[C@@H](C)[C@@H]4CC[C@@]32C)/C1=C(\C=C/C=C(C)C)C(C)=O.CC(=O)O[C@H]1C[C@@]2(C)[C@H](/C1=C(\CC=C(C)C)C(C)=O)[C@H](N)[C@@H](O)[C@H]1[C@@]3(C)CC[C@@H](O)[C@@H](C)[C@@H]3CC[C@@]12C. The maximum Gasteiger partial charge on any atom is 0.331 e. The molecule has 0 aromatic heterocycles. The molecule has 0 unspecified atom stereocenters. The van der Waals surface area contributed by atoms with Crippen LogP contribution in [0.2, 0.25) is 0 Å². The summed E-state index contributed by atoms with van der Waals surface area (Å²) < 4.78 is 23.6. The van der Waals surface area contributed by atoms with Crippen LogP contribution in [-0.4, -0.2) is 196 Å². The number of nitrogens with two attached hydrogens (primary N) is 4. The normalized spacial score (nSPS) is 48.1. The van der Waals surface area contributed by atoms with Crippen molar-refractivity contribution < 1.29 is 108 Å². The molecule has 0 aliphatic heterocycles. The van der Waals surface area contributed by atoms with Gasteiger partial charge in [0, 0.05) is 68.0 Å². The first-order valence-electron chi connectivity index (χ1n) is 56.7. The van der Waals surface area contributed by atoms with Crippen molar-refractivity contribution >= 4 is 47.4 Å². The maximum atomic E-state index is 13.1. The molecule has 149 heavy (non-hydrogen) atoms. The fourth-order valence-corrected chi connectivity index (χ4v) is 39.0. The number of hydrogen-bond acceptors (Lipinski definition) is 24. The van der Waals surface area contributed by atoms with Crippen LogP contribution in [0.3, 0.4) is 0 Å². The molecule has 0 heterocycles. The summed E-state index contributed by atoms with van der Waals surface area (Å²) in [4.78, 5) is 100. The van der Waals surface area contributed by atoms with Gasteiger partial charge in [0.25, 0.3) is 0 Å². The highest BCUT2D eigenvalue weighted by Crippen LogP contribution is 2.81. The predicted molar refractivity (Wildman–Crippen MR) is 576 cm³/mol. The fraction of sp³-hybridized carbons (Fsp3) is 0.789. The summed E-state index contributed by atoms with van der Waals surface area (Å²) in [5.74, 6) is -3.20. The molecule has 16 aliphatic carbocycles. The van der Waals surface area contributed by atoms with Gasteiger partial charge in [-0.05, 0) is 393 Å². The first kappa shape index (κ1) is 119. The van der Waals surface area contributed by atoms with Crippen LogP contribution < -0.4 is 22.9 Å². The van der Waals surface area contributed by atoms with Crippen molar-refractivity contribution in [1.82, 2.24) is 0 Å². The second-order valence-corrected chi connectivity index (χ2v) is 54.5. The number of aliphatic hydroxyl groups is 8. The standard InChI is InChI=1S/C32H49NO5.C31H49NO5.2C30H47NO6/c1-17(2)10-9-11-21(19(4)34)27-23-14-25(36)29-30(6)15-24(33)28(37)18(3)22(30)12-13-31(29,7)32(23,8)16-26(27)38-20(5)35;1-16(2)9-10-20(18(4)33)24-23(37-19(5)34)15-31(8)25(24)26(32)27(36)28-29(6)13-12-22(35)17(3)21(29)11-14-30(28,31)7;2*1-15(2)8-9-18(27(35)36)23-20-14-22(34)25-28(5)12-11-21(33)16(3)19(28)10-13-29(25,6)30(20,7)26(31)24(23)37-17(4)32/h9-11,18,22-26,28-29,36-37H,12-16,33H2,1-8H3;9,17,21-23,25-28,35-36H,10-15,32H2,1-8H3;2*8,16,19-22,24-26,33-34H,9-14,31H2,1-7H3,(H,35,36)/b11-9-,27-21-;24-20+;2*23-18-/t18-,22-,23-,24+,25+,26-,28-,29-,30-,31-,32-;17-,21-,22+,23-,25+,26-,27+,28-,29-,30-,31-;16-,19-,20-,21+,22+,24+,25-,26+,28-,29-,30+;16-,19-,20-,21+,22+,24+,25-,26-,28-,29-,30+/m0000/s1. The van der Waals surface area contributed by atoms with Crippen molar-refractivity contribution in [2.45, 2.75) is 453 Å². The Hall–Kier alpha value is -6.66. The van der Waals surface area contributed by atoms with Gasteiger partial charge in [0.15, 0.2) is 11.6 Å². The average Bonchev–Trinajstić information content (AvgIpc) is 1.58. The van der Waals surface area contributed by atoms with E-state index in [0.29, 0.717) is 97.8 Å². The lowest BCUT2D eigenvalue weighted by molar-refractivity contribution is -0.239. The number of hydrogen-bond donors (Lipinski definition) is 14. The van der Waals surface area contributed by atoms with E-state index in [1.165, 1.54) is 27.7 Å². The Balaban J connectivity index is 0.000000166. The zero-order chi connectivity index (χ0) is 111. The minimum Gasteiger partial charge on any atom is -0.478 e. The molecule has 0 radical (unpaired) electrons. The molecular formula is C123H192N4O22. The number of carbonyl (C=O) groups excluding carboxylic acids is 6. The van der Waals surface area contributed by atoms with E-state index in [9.17, 15) is 89.4 Å². The number of ketones is 2. The average molecular weight is 2080 g/mol. The molecule has 18 N–H and O–H groups in total. The van der Waals surface area contributed by atoms with Gasteiger partial charge in [-0.3, -0.25) is 28.8 Å². The molecule has 0 spiro atoms. The summed E-state index contributed by atoms with van der Waals surface area (Å²) in [6, 6.07) is -2.07. The Kier molecular flexibility index (Phi) is 34.5. The molecule has 0 amide bonds. The van der Waals surface area contributed by atoms with Crippen LogP contribution in [-0.2, 0) is 57.3 Å². The van der Waals surface area contributed by atoms with Crippen LogP contribution in [0.15, 0.2) is 103 Å². The highest BCUT2D eigenvalue weighted by molar-refractivity contribution is 5.98. The second-order valence-electron chi connectivity index (χ2n) is 54.5. The molecule has 0 aromatic rings. The fourth-order valence-electron chi connectivity index (χ4n) is 39.0. The molecule has 16 aliphatic rings. The number of carboxylic acids is 2. The third-order valence-electron chi connectivity index (χ3n) is 46.2. The van der Waals surface area contributed by atoms with E-state index in [1.807, 2.05) is 91.8 Å². The van der Waals surface area contributed by atoms with E-state index < -0.39 is 119 Å². The lowest BCUT2D eigenvalue weighted by atomic mass is 9.36. The van der Waals surface area contributed by atoms with Crippen LogP contribution in [0.5, 0.6) is 0 Å². The molecule has 836 valence electrons. The number of carbonyl (C=O) groups is 8. The van der Waals surface area contributed by atoms with Gasteiger partial charge >= 0.3 is 35.8 Å². The van der Waals surface area contributed by atoms with Crippen molar-refractivity contribution in [3.8, 4) is 0 Å². The number of rotatable bonds is 16. The van der Waals surface area contributed by atoms with Gasteiger partial charge in [-0.1, -0.05) is 170 Å². The van der Waals surface area contributed by atoms with Crippen LogP contribution in [0.1, 0.15) is 355 Å². The first-order chi connectivity index (χ1) is 68.9. The number of aliphatic carboxylic acids is 2. The summed E-state index contributed by atoms with van der Waals surface area (Å²) in [5.41, 5.74) is 32.6. The number of allylic oxidation sites excluding steroid dienone is 12. The molecule has 16 rings (SSSR count). The van der Waals surface area contributed by atoms with Gasteiger partial charge in [0.2, 0.25) is 0 Å². The van der Waals surface area contributed by atoms with E-state index in [1.54, 1.807) is 13.8 Å². The molecule has 0 saturated heterocycles. The minimum absolute atomic E-state index is 0.00433. The minimum atomic E-state index is -1.03. The smallest absolute Gasteiger partial charge is 0.331 e. The summed E-state index contributed by atoms with van der Waals surface area (Å²) in [5, 5.41) is 111. The number of aliphatic hydroxyl groups excluding tert-OH is 8. The lowest BCUT2D eigenvalue weighted by Gasteiger charge is -2.70. The Morgan fingerprint density at radius 3 is 1.03 bits per heavy atom. The second kappa shape index (κ2) is 43.0. The Morgan fingerprint density at radius 1 is 0.342 bits per heavy atom. The monoisotopic (exact) mass is 2080 g/mol. The summed E-state index contributed by atoms with van der Waals surface area (Å²) in [6.45, 7) is 60.1. The topological polar surface area (TPSA) is 480 Å². The van der Waals surface area contributed by atoms with Gasteiger partial charge in [0.1, 0.15) is 24.4 Å². The van der Waals surface area contributed by atoms with Crippen LogP contribution in [0.25, 0.3) is 0 Å². The molecule has 16 fully saturated rings. The number of Topliss-reactive ketones (excluding diaryl/α,β-unsaturated/α-hetero) is 2. The van der Waals surface area contributed by atoms with Crippen LogP contribution >= 0.6 is 0 Å². The maximum absolute atomic E-state index is 13.1. The lowest BCUT2D eigenvalue weighted by Crippen LogP contribution is -2.71. The van der Waals surface area contributed by atoms with E-state index >= 15 is 0 Å². The molecule has 0 bridgehead atoms. The predicted octanol–water partition coefficient (Wildman–Crippen LogP) is 18.0. The van der Waals surface area contributed by atoms with Crippen molar-refractivity contribution in [1.29, 1.82) is 0 Å². The number of carboxylic acid groups (broad SMARTS) is 2. The van der Waals surface area contributed by atoms with E-state index in [2.05, 4.69) is 111 Å². The third kappa shape index (κ3) is 19.5. The van der Waals surface area contributed by atoms with Crippen molar-refractivity contribution in [2.24, 2.45) is 183 Å². The van der Waals surface area contributed by atoms with Gasteiger partial charge in [-0.15, -0.1) is 0 Å². The van der Waals surface area contributed by atoms with Crippen molar-refractivity contribution in [3.05, 3.63) is 103 Å². The number of fused-ring (bicyclic) bond motifs is 20. The molecule has 16 saturated carbocycles. The largest absolute Gasteiger partial charge is 0.478 e. The van der Waals surface area contributed by atoms with Gasteiger partial charge in [-0.2, -0.15) is 0 Å². The van der Waals surface area contributed by atoms with Gasteiger partial charge in [-0.25, -0.2) is 9.59 Å². The van der Waals surface area contributed by atoms with Gasteiger partial charge in [0.05, 0.1) is 60.9 Å². The Bertz CT molecular complexity index is 5190. The Labute approximate surface area is 889 Å². The number of esters is 4. The molecular weight excluding hydrogens is 1890 g/mol. The Morgan fingerprint density at radius 2 is 0.678 bits per heavy atom. The molecule has 44 atom stereocenters.